The maximum absolute atomic E-state index is 12.5. The molecule has 10 heteroatoms. The van der Waals surface area contributed by atoms with Crippen LogP contribution in [0.1, 0.15) is 5.56 Å². The zero-order valence-electron chi connectivity index (χ0n) is 12.1. The summed E-state index contributed by atoms with van der Waals surface area (Å²) >= 11 is 2.96. The largest absolute Gasteiger partial charge is 0.573 e. The number of hydrogen-bond acceptors (Lipinski definition) is 4. The van der Waals surface area contributed by atoms with Gasteiger partial charge in [0.1, 0.15) is 10.6 Å². The van der Waals surface area contributed by atoms with Gasteiger partial charge in [-0.05, 0) is 36.8 Å². The van der Waals surface area contributed by atoms with Crippen molar-refractivity contribution < 1.29 is 31.4 Å². The lowest BCUT2D eigenvalue weighted by Gasteiger charge is -2.15. The fourth-order valence-electron chi connectivity index (χ4n) is 1.79. The van der Waals surface area contributed by atoms with Crippen molar-refractivity contribution in [2.45, 2.75) is 18.2 Å². The first kappa shape index (κ1) is 18.4. The van der Waals surface area contributed by atoms with E-state index in [-0.39, 0.29) is 15.9 Å². The molecule has 0 saturated heterocycles. The fraction of sp³-hybridized carbons (Fsp3) is 0.143. The summed E-state index contributed by atoms with van der Waals surface area (Å²) in [6.07, 6.45) is -5.05. The number of hydrogen-bond donors (Lipinski definition) is 2. The summed E-state index contributed by atoms with van der Waals surface area (Å²) in [4.78, 5) is -0.692. The van der Waals surface area contributed by atoms with E-state index >= 15 is 0 Å². The van der Waals surface area contributed by atoms with Crippen LogP contribution in [0.25, 0.3) is 0 Å². The Morgan fingerprint density at radius 3 is 2.42 bits per heavy atom. The van der Waals surface area contributed by atoms with Crippen LogP contribution in [0.2, 0.25) is 0 Å². The third-order valence-corrected chi connectivity index (χ3v) is 4.80. The molecule has 0 radical (unpaired) electrons. The third-order valence-electron chi connectivity index (χ3n) is 2.88. The monoisotopic (exact) mass is 425 g/mol. The van der Waals surface area contributed by atoms with Crippen molar-refractivity contribution >= 4 is 31.6 Å². The summed E-state index contributed by atoms with van der Waals surface area (Å²) in [5.74, 6) is -1.03. The van der Waals surface area contributed by atoms with Gasteiger partial charge in [-0.15, -0.1) is 13.2 Å². The molecule has 5 nitrogen and oxygen atoms in total. The van der Waals surface area contributed by atoms with Crippen molar-refractivity contribution in [2.75, 3.05) is 4.72 Å². The van der Waals surface area contributed by atoms with Gasteiger partial charge in [0.15, 0.2) is 5.75 Å². The Balaban J connectivity index is 2.43. The van der Waals surface area contributed by atoms with Gasteiger partial charge < -0.3 is 9.84 Å². The summed E-state index contributed by atoms with van der Waals surface area (Å²) in [5.41, 5.74) is 0.515. The minimum absolute atomic E-state index is 0.000947. The molecule has 0 atom stereocenters. The van der Waals surface area contributed by atoms with Crippen LogP contribution < -0.4 is 9.46 Å². The van der Waals surface area contributed by atoms with Gasteiger partial charge in [0.2, 0.25) is 0 Å². The molecule has 0 amide bonds. The topological polar surface area (TPSA) is 75.6 Å². The van der Waals surface area contributed by atoms with Crippen LogP contribution in [0, 0.1) is 6.92 Å². The van der Waals surface area contributed by atoms with Crippen molar-refractivity contribution in [1.29, 1.82) is 0 Å². The third kappa shape index (κ3) is 4.54. The van der Waals surface area contributed by atoms with Crippen LogP contribution in [0.15, 0.2) is 45.8 Å². The first-order chi connectivity index (χ1) is 11.0. The van der Waals surface area contributed by atoms with E-state index in [0.717, 1.165) is 18.2 Å². The lowest BCUT2D eigenvalue weighted by molar-refractivity contribution is -0.275. The Morgan fingerprint density at radius 2 is 1.83 bits per heavy atom. The average Bonchev–Trinajstić information content (AvgIpc) is 2.40. The van der Waals surface area contributed by atoms with Gasteiger partial charge in [-0.3, -0.25) is 4.72 Å². The van der Waals surface area contributed by atoms with Crippen LogP contribution >= 0.6 is 15.9 Å². The maximum atomic E-state index is 12.5. The molecule has 0 aliphatic rings. The second kappa shape index (κ2) is 6.52. The zero-order chi connectivity index (χ0) is 18.1. The molecular weight excluding hydrogens is 415 g/mol. The number of halogens is 4. The Labute approximate surface area is 144 Å². The molecule has 0 aromatic heterocycles. The molecule has 2 aromatic carbocycles. The Hall–Kier alpha value is -1.94. The van der Waals surface area contributed by atoms with Gasteiger partial charge >= 0.3 is 6.36 Å². The minimum atomic E-state index is -5.05. The molecule has 2 rings (SSSR count). The minimum Gasteiger partial charge on any atom is -0.508 e. The normalized spacial score (nSPS) is 12.0. The van der Waals surface area contributed by atoms with Gasteiger partial charge in [0.25, 0.3) is 10.0 Å². The highest BCUT2D eigenvalue weighted by molar-refractivity contribution is 9.10. The van der Waals surface area contributed by atoms with E-state index in [2.05, 4.69) is 25.4 Å². The van der Waals surface area contributed by atoms with Gasteiger partial charge in [0, 0.05) is 10.5 Å². The molecule has 2 aromatic rings. The number of aromatic hydroxyl groups is 1. The molecule has 0 spiro atoms. The van der Waals surface area contributed by atoms with Crippen molar-refractivity contribution in [1.82, 2.24) is 0 Å². The summed E-state index contributed by atoms with van der Waals surface area (Å²) < 4.78 is 68.3. The number of nitrogens with one attached hydrogen (secondary N) is 1. The highest BCUT2D eigenvalue weighted by Crippen LogP contribution is 2.33. The molecular formula is C14H11BrF3NO4S. The summed E-state index contributed by atoms with van der Waals surface area (Å²) in [7, 11) is -4.37. The molecule has 0 unspecified atom stereocenters. The van der Waals surface area contributed by atoms with E-state index in [1.165, 1.54) is 18.2 Å². The summed E-state index contributed by atoms with van der Waals surface area (Å²) in [6.45, 7) is 1.61. The average molecular weight is 426 g/mol. The fourth-order valence-corrected chi connectivity index (χ4v) is 3.29. The van der Waals surface area contributed by atoms with Crippen LogP contribution in [0.4, 0.5) is 18.9 Å². The molecule has 0 aliphatic heterocycles. The Kier molecular flexibility index (Phi) is 5.00. The molecule has 2 N–H and O–H groups in total. The van der Waals surface area contributed by atoms with Gasteiger partial charge in [-0.1, -0.05) is 22.0 Å². The predicted octanol–water partition coefficient (Wildman–Crippen LogP) is 4.16. The highest BCUT2D eigenvalue weighted by atomic mass is 79.9. The second-order valence-electron chi connectivity index (χ2n) is 4.75. The molecule has 0 bridgehead atoms. The number of rotatable bonds is 4. The SMILES string of the molecule is Cc1ccc(NS(=O)(=O)c2ccc(Br)cc2OC(F)(F)F)cc1O. The van der Waals surface area contributed by atoms with E-state index in [4.69, 9.17) is 0 Å². The number of ether oxygens (including phenoxy) is 1. The van der Waals surface area contributed by atoms with Gasteiger partial charge in [-0.25, -0.2) is 8.42 Å². The van der Waals surface area contributed by atoms with Crippen LogP contribution in [-0.2, 0) is 10.0 Å². The first-order valence-corrected chi connectivity index (χ1v) is 8.63. The lowest BCUT2D eigenvalue weighted by Crippen LogP contribution is -2.21. The number of aryl methyl sites for hydroxylation is 1. The van der Waals surface area contributed by atoms with Crippen molar-refractivity contribution in [3.05, 3.63) is 46.4 Å². The number of alkyl halides is 3. The second-order valence-corrected chi connectivity index (χ2v) is 7.31. The van der Waals surface area contributed by atoms with Crippen LogP contribution in [0.3, 0.4) is 0 Å². The summed E-state index contributed by atoms with van der Waals surface area (Å²) in [5, 5.41) is 9.60. The zero-order valence-corrected chi connectivity index (χ0v) is 14.5. The summed E-state index contributed by atoms with van der Waals surface area (Å²) in [6, 6.07) is 7.12. The Morgan fingerprint density at radius 1 is 1.17 bits per heavy atom. The first-order valence-electron chi connectivity index (χ1n) is 6.36. The van der Waals surface area contributed by atoms with E-state index in [9.17, 15) is 26.7 Å². The van der Waals surface area contributed by atoms with Crippen LogP contribution in [0.5, 0.6) is 11.5 Å². The number of phenolic OH excluding ortho intramolecular Hbond substituents is 1. The van der Waals surface area contributed by atoms with E-state index in [0.29, 0.717) is 5.56 Å². The smallest absolute Gasteiger partial charge is 0.508 e. The molecule has 0 heterocycles. The number of benzene rings is 2. The molecule has 130 valence electrons. The molecule has 0 aliphatic carbocycles. The van der Waals surface area contributed by atoms with Gasteiger partial charge in [0.05, 0.1) is 5.69 Å². The van der Waals surface area contributed by atoms with E-state index in [1.807, 2.05) is 0 Å². The standard InChI is InChI=1S/C14H11BrF3NO4S/c1-8-2-4-10(7-11(8)20)19-24(21,22)13-5-3-9(15)6-12(13)23-14(16,17)18/h2-7,19-20H,1H3. The van der Waals surface area contributed by atoms with Crippen molar-refractivity contribution in [3.63, 3.8) is 0 Å². The molecule has 24 heavy (non-hydrogen) atoms. The number of anilines is 1. The lowest BCUT2D eigenvalue weighted by atomic mass is 10.2. The molecule has 0 fully saturated rings. The van der Waals surface area contributed by atoms with E-state index in [1.54, 1.807) is 6.92 Å². The van der Waals surface area contributed by atoms with Crippen molar-refractivity contribution in [2.24, 2.45) is 0 Å². The number of sulfonamides is 1. The maximum Gasteiger partial charge on any atom is 0.573 e. The number of phenols is 1. The van der Waals surface area contributed by atoms with Crippen LogP contribution in [-0.4, -0.2) is 19.9 Å². The highest BCUT2D eigenvalue weighted by Gasteiger charge is 2.34. The van der Waals surface area contributed by atoms with Crippen molar-refractivity contribution in [3.8, 4) is 11.5 Å². The quantitative estimate of drug-likeness (QED) is 0.770. The Bertz CT molecular complexity index is 869. The van der Waals surface area contributed by atoms with E-state index < -0.39 is 27.0 Å². The molecule has 0 saturated carbocycles. The van der Waals surface area contributed by atoms with Gasteiger partial charge in [-0.2, -0.15) is 0 Å². The predicted molar refractivity (Wildman–Crippen MR) is 84.5 cm³/mol.